The molecule has 28 heavy (non-hydrogen) atoms. The molecule has 1 aromatic heterocycles. The van der Waals surface area contributed by atoms with Crippen molar-refractivity contribution >= 4 is 17.4 Å². The molecule has 0 saturated heterocycles. The molecular formula is C22H23N3O3. The fraction of sp³-hybridized carbons (Fsp3) is 0.182. The molecule has 3 aromatic rings. The Hall–Kier alpha value is -3.54. The molecule has 0 atom stereocenters. The second-order valence-corrected chi connectivity index (χ2v) is 6.08. The van der Waals surface area contributed by atoms with Gasteiger partial charge in [-0.3, -0.25) is 4.79 Å². The fourth-order valence-corrected chi connectivity index (χ4v) is 2.81. The van der Waals surface area contributed by atoms with Crippen molar-refractivity contribution in [3.63, 3.8) is 0 Å². The molecule has 0 fully saturated rings. The molecule has 6 heteroatoms. The molecule has 2 aromatic carbocycles. The maximum absolute atomic E-state index is 12.3. The summed E-state index contributed by atoms with van der Waals surface area (Å²) in [6.45, 7) is 0.514. The van der Waals surface area contributed by atoms with Gasteiger partial charge in [-0.15, -0.1) is 0 Å². The molecule has 1 amide bonds. The van der Waals surface area contributed by atoms with E-state index >= 15 is 0 Å². The lowest BCUT2D eigenvalue weighted by atomic mass is 10.1. The number of nitrogens with zero attached hydrogens (tertiary/aromatic N) is 1. The Morgan fingerprint density at radius 2 is 1.64 bits per heavy atom. The minimum absolute atomic E-state index is 0.161. The monoisotopic (exact) mass is 377 g/mol. The number of ether oxygens (including phenoxy) is 2. The van der Waals surface area contributed by atoms with Crippen molar-refractivity contribution in [2.24, 2.45) is 0 Å². The zero-order valence-corrected chi connectivity index (χ0v) is 15.9. The fourth-order valence-electron chi connectivity index (χ4n) is 2.81. The van der Waals surface area contributed by atoms with Gasteiger partial charge in [0.15, 0.2) is 0 Å². The Morgan fingerprint density at radius 3 is 2.36 bits per heavy atom. The van der Waals surface area contributed by atoms with E-state index in [-0.39, 0.29) is 5.91 Å². The molecule has 2 N–H and O–H groups in total. The lowest BCUT2D eigenvalue weighted by molar-refractivity contribution is 0.0953. The topological polar surface area (TPSA) is 72.5 Å². The Labute approximate surface area is 164 Å². The van der Waals surface area contributed by atoms with Crippen molar-refractivity contribution in [3.8, 4) is 11.5 Å². The van der Waals surface area contributed by atoms with Crippen molar-refractivity contribution in [1.29, 1.82) is 0 Å². The lowest BCUT2D eigenvalue weighted by Gasteiger charge is -2.11. The predicted octanol–water partition coefficient (Wildman–Crippen LogP) is 3.81. The van der Waals surface area contributed by atoms with Crippen LogP contribution in [0.1, 0.15) is 15.9 Å². The van der Waals surface area contributed by atoms with Crippen LogP contribution in [0.25, 0.3) is 0 Å². The minimum atomic E-state index is -0.161. The number of anilines is 2. The van der Waals surface area contributed by atoms with Gasteiger partial charge in [-0.05, 0) is 42.3 Å². The third kappa shape index (κ3) is 4.79. The zero-order chi connectivity index (χ0) is 19.8. The van der Waals surface area contributed by atoms with Crippen molar-refractivity contribution in [3.05, 3.63) is 78.0 Å². The highest BCUT2D eigenvalue weighted by Gasteiger charge is 2.08. The van der Waals surface area contributed by atoms with Gasteiger partial charge in [-0.25, -0.2) is 4.98 Å². The summed E-state index contributed by atoms with van der Waals surface area (Å²) in [5.74, 6) is 2.02. The predicted molar refractivity (Wildman–Crippen MR) is 110 cm³/mol. The van der Waals surface area contributed by atoms with E-state index in [0.717, 1.165) is 22.7 Å². The molecule has 0 radical (unpaired) electrons. The normalized spacial score (nSPS) is 10.2. The second kappa shape index (κ2) is 9.41. The SMILES string of the molecule is COc1ccccc1CCNC(=O)c1ccc(Nc2ccccc2OC)nc1. The third-order valence-corrected chi connectivity index (χ3v) is 4.27. The zero-order valence-electron chi connectivity index (χ0n) is 15.9. The van der Waals surface area contributed by atoms with Gasteiger partial charge in [0.2, 0.25) is 0 Å². The van der Waals surface area contributed by atoms with E-state index in [0.29, 0.717) is 24.3 Å². The third-order valence-electron chi connectivity index (χ3n) is 4.27. The van der Waals surface area contributed by atoms with E-state index in [9.17, 15) is 4.79 Å². The number of hydrogen-bond acceptors (Lipinski definition) is 5. The van der Waals surface area contributed by atoms with Crippen LogP contribution in [0.3, 0.4) is 0 Å². The average Bonchev–Trinajstić information content (AvgIpc) is 2.75. The van der Waals surface area contributed by atoms with Gasteiger partial charge in [0.1, 0.15) is 17.3 Å². The van der Waals surface area contributed by atoms with E-state index in [4.69, 9.17) is 9.47 Å². The van der Waals surface area contributed by atoms with E-state index in [2.05, 4.69) is 15.6 Å². The second-order valence-electron chi connectivity index (χ2n) is 6.08. The maximum Gasteiger partial charge on any atom is 0.252 e. The Kier molecular flexibility index (Phi) is 6.46. The van der Waals surface area contributed by atoms with Gasteiger partial charge in [-0.2, -0.15) is 0 Å². The van der Waals surface area contributed by atoms with E-state index < -0.39 is 0 Å². The van der Waals surface area contributed by atoms with Crippen LogP contribution in [0.5, 0.6) is 11.5 Å². The van der Waals surface area contributed by atoms with Crippen LogP contribution in [0.2, 0.25) is 0 Å². The summed E-state index contributed by atoms with van der Waals surface area (Å²) in [7, 11) is 3.26. The van der Waals surface area contributed by atoms with Crippen LogP contribution >= 0.6 is 0 Å². The van der Waals surface area contributed by atoms with Crippen LogP contribution in [-0.2, 0) is 6.42 Å². The minimum Gasteiger partial charge on any atom is -0.496 e. The molecule has 0 aliphatic rings. The number of aromatic nitrogens is 1. The van der Waals surface area contributed by atoms with Crippen LogP contribution in [0, 0.1) is 0 Å². The van der Waals surface area contributed by atoms with Crippen LogP contribution < -0.4 is 20.1 Å². The molecule has 1 heterocycles. The smallest absolute Gasteiger partial charge is 0.252 e. The number of hydrogen-bond donors (Lipinski definition) is 2. The van der Waals surface area contributed by atoms with Gasteiger partial charge in [0.25, 0.3) is 5.91 Å². The quantitative estimate of drug-likeness (QED) is 0.624. The molecule has 144 valence electrons. The summed E-state index contributed by atoms with van der Waals surface area (Å²) < 4.78 is 10.6. The van der Waals surface area contributed by atoms with Gasteiger partial charge in [-0.1, -0.05) is 30.3 Å². The largest absolute Gasteiger partial charge is 0.496 e. The Balaban J connectivity index is 1.56. The van der Waals surface area contributed by atoms with Gasteiger partial charge in [0, 0.05) is 12.7 Å². The van der Waals surface area contributed by atoms with Crippen LogP contribution in [0.4, 0.5) is 11.5 Å². The molecule has 0 spiro atoms. The summed E-state index contributed by atoms with van der Waals surface area (Å²) in [5.41, 5.74) is 2.37. The van der Waals surface area contributed by atoms with Gasteiger partial charge >= 0.3 is 0 Å². The highest BCUT2D eigenvalue weighted by atomic mass is 16.5. The Bertz CT molecular complexity index is 926. The highest BCUT2D eigenvalue weighted by Crippen LogP contribution is 2.26. The number of amides is 1. The first kappa shape index (κ1) is 19.2. The Morgan fingerprint density at radius 1 is 0.929 bits per heavy atom. The summed E-state index contributed by atoms with van der Waals surface area (Å²) in [6, 6.07) is 18.9. The first-order valence-electron chi connectivity index (χ1n) is 8.97. The van der Waals surface area contributed by atoms with Gasteiger partial charge < -0.3 is 20.1 Å². The molecular weight excluding hydrogens is 354 g/mol. The molecule has 0 saturated carbocycles. The van der Waals surface area contributed by atoms with Crippen molar-refractivity contribution < 1.29 is 14.3 Å². The van der Waals surface area contributed by atoms with Crippen molar-refractivity contribution in [2.45, 2.75) is 6.42 Å². The number of carbonyl (C=O) groups is 1. The number of rotatable bonds is 8. The molecule has 0 bridgehead atoms. The van der Waals surface area contributed by atoms with Crippen LogP contribution in [0.15, 0.2) is 66.9 Å². The van der Waals surface area contributed by atoms with E-state index in [1.807, 2.05) is 48.5 Å². The van der Waals surface area contributed by atoms with E-state index in [1.54, 1.807) is 32.5 Å². The van der Waals surface area contributed by atoms with Crippen LogP contribution in [-0.4, -0.2) is 31.7 Å². The summed E-state index contributed by atoms with van der Waals surface area (Å²) >= 11 is 0. The maximum atomic E-state index is 12.3. The lowest BCUT2D eigenvalue weighted by Crippen LogP contribution is -2.25. The summed E-state index contributed by atoms with van der Waals surface area (Å²) in [4.78, 5) is 16.7. The number of benzene rings is 2. The first-order valence-corrected chi connectivity index (χ1v) is 8.97. The molecule has 6 nitrogen and oxygen atoms in total. The highest BCUT2D eigenvalue weighted by molar-refractivity contribution is 5.94. The van der Waals surface area contributed by atoms with Gasteiger partial charge in [0.05, 0.1) is 25.5 Å². The number of pyridine rings is 1. The molecule has 0 unspecified atom stereocenters. The number of carbonyl (C=O) groups excluding carboxylic acids is 1. The number of para-hydroxylation sites is 3. The average molecular weight is 377 g/mol. The molecule has 3 rings (SSSR count). The molecule has 0 aliphatic carbocycles. The molecule has 0 aliphatic heterocycles. The summed E-state index contributed by atoms with van der Waals surface area (Å²) in [5, 5.41) is 6.10. The van der Waals surface area contributed by atoms with Crippen molar-refractivity contribution in [2.75, 3.05) is 26.1 Å². The van der Waals surface area contributed by atoms with E-state index in [1.165, 1.54) is 0 Å². The summed E-state index contributed by atoms with van der Waals surface area (Å²) in [6.07, 6.45) is 2.24. The number of nitrogens with one attached hydrogen (secondary N) is 2. The van der Waals surface area contributed by atoms with Crippen molar-refractivity contribution in [1.82, 2.24) is 10.3 Å². The standard InChI is InChI=1S/C22H23N3O3/c1-27-19-9-5-3-7-16(19)13-14-23-22(26)17-11-12-21(24-15-17)25-18-8-4-6-10-20(18)28-2/h3-12,15H,13-14H2,1-2H3,(H,23,26)(H,24,25). The first-order chi connectivity index (χ1) is 13.7. The number of methoxy groups -OCH3 is 2.